The van der Waals surface area contributed by atoms with Crippen molar-refractivity contribution in [1.82, 2.24) is 14.6 Å². The van der Waals surface area contributed by atoms with Crippen molar-refractivity contribution in [1.29, 1.82) is 0 Å². The Bertz CT molecular complexity index is 1100. The predicted octanol–water partition coefficient (Wildman–Crippen LogP) is 2.55. The topological polar surface area (TPSA) is 97.3 Å². The zero-order valence-corrected chi connectivity index (χ0v) is 18.1. The Labute approximate surface area is 172 Å². The minimum absolute atomic E-state index is 0.0330. The first kappa shape index (κ1) is 20.4. The summed E-state index contributed by atoms with van der Waals surface area (Å²) in [6, 6.07) is 1.48. The Morgan fingerprint density at radius 3 is 2.79 bits per heavy atom. The molecular weight excluding hydrogens is 446 g/mol. The standard InChI is InChI=1S/C19H20BrN3O4S/c1-4-21-18(25)16-10-13-6-8-22-15(11-24)17(13)23(16)28(26,27)19(3)7-5-14(20)9-12(19)2/h5-6,8-10,22H,4,7H2,1-3H3,(H,21,25). The van der Waals surface area contributed by atoms with Crippen LogP contribution in [0.25, 0.3) is 11.8 Å². The van der Waals surface area contributed by atoms with Gasteiger partial charge in [0.05, 0.1) is 5.69 Å². The third kappa shape index (κ3) is 2.99. The maximum absolute atomic E-state index is 13.9. The number of amides is 1. The number of carbonyl (C=O) groups is 1. The number of hydrogen-bond donors (Lipinski definition) is 2. The summed E-state index contributed by atoms with van der Waals surface area (Å²) in [5, 5.41) is 5.36. The van der Waals surface area contributed by atoms with Gasteiger partial charge in [0.1, 0.15) is 16.1 Å². The van der Waals surface area contributed by atoms with E-state index in [0.29, 0.717) is 17.7 Å². The third-order valence-electron chi connectivity index (χ3n) is 5.07. The Balaban J connectivity index is 2.33. The zero-order valence-electron chi connectivity index (χ0n) is 15.7. The molecule has 1 aliphatic carbocycles. The van der Waals surface area contributed by atoms with Crippen molar-refractivity contribution in [2.45, 2.75) is 31.9 Å². The molecule has 0 saturated carbocycles. The van der Waals surface area contributed by atoms with Crippen LogP contribution in [-0.4, -0.2) is 35.5 Å². The van der Waals surface area contributed by atoms with Crippen LogP contribution in [-0.2, 0) is 14.8 Å². The number of carbonyl (C=O) groups excluding carboxylic acids is 2. The van der Waals surface area contributed by atoms with Gasteiger partial charge in [-0.2, -0.15) is 0 Å². The van der Waals surface area contributed by atoms with Gasteiger partial charge in [-0.05, 0) is 51.0 Å². The number of nitrogens with one attached hydrogen (secondary N) is 2. The van der Waals surface area contributed by atoms with Crippen LogP contribution in [0, 0.1) is 0 Å². The highest BCUT2D eigenvalue weighted by molar-refractivity contribution is 9.11. The fourth-order valence-electron chi connectivity index (χ4n) is 3.29. The van der Waals surface area contributed by atoms with Crippen molar-refractivity contribution in [2.24, 2.45) is 0 Å². The molecule has 0 saturated heterocycles. The van der Waals surface area contributed by atoms with E-state index in [1.165, 1.54) is 12.3 Å². The molecule has 7 nitrogen and oxygen atoms in total. The van der Waals surface area contributed by atoms with Gasteiger partial charge in [-0.1, -0.05) is 22.0 Å². The van der Waals surface area contributed by atoms with Crippen LogP contribution in [0.5, 0.6) is 0 Å². The van der Waals surface area contributed by atoms with Crippen LogP contribution in [0.1, 0.15) is 48.9 Å². The molecule has 1 atom stereocenters. The number of fused-ring (bicyclic) bond motifs is 1. The lowest BCUT2D eigenvalue weighted by molar-refractivity contribution is 0.0949. The fraction of sp³-hybridized carbons (Fsp3) is 0.316. The van der Waals surface area contributed by atoms with Crippen molar-refractivity contribution >= 4 is 49.6 Å². The summed E-state index contributed by atoms with van der Waals surface area (Å²) in [6.07, 6.45) is 6.88. The van der Waals surface area contributed by atoms with E-state index >= 15 is 0 Å². The first-order valence-corrected chi connectivity index (χ1v) is 10.9. The average Bonchev–Trinajstić information content (AvgIpc) is 3.05. The quantitative estimate of drug-likeness (QED) is 0.665. The van der Waals surface area contributed by atoms with Crippen LogP contribution in [0.15, 0.2) is 34.5 Å². The number of hydrogen-bond acceptors (Lipinski definition) is 5. The van der Waals surface area contributed by atoms with E-state index in [4.69, 9.17) is 0 Å². The predicted molar refractivity (Wildman–Crippen MR) is 112 cm³/mol. The van der Waals surface area contributed by atoms with Gasteiger partial charge in [0.2, 0.25) is 10.0 Å². The van der Waals surface area contributed by atoms with Crippen molar-refractivity contribution < 1.29 is 18.0 Å². The molecule has 2 heterocycles. The molecule has 0 bridgehead atoms. The molecule has 0 radical (unpaired) electrons. The molecular formula is C19H20BrN3O4S. The van der Waals surface area contributed by atoms with Gasteiger partial charge in [-0.25, -0.2) is 17.2 Å². The Kier molecular flexibility index (Phi) is 5.27. The molecule has 1 amide bonds. The molecule has 3 rings (SSSR count). The first-order valence-electron chi connectivity index (χ1n) is 8.69. The number of aromatic nitrogens is 1. The smallest absolute Gasteiger partial charge is 0.269 e. The molecule has 28 heavy (non-hydrogen) atoms. The zero-order chi connectivity index (χ0) is 20.7. The summed E-state index contributed by atoms with van der Waals surface area (Å²) in [5.74, 6) is 1.21. The van der Waals surface area contributed by atoms with E-state index in [-0.39, 0.29) is 23.5 Å². The maximum atomic E-state index is 13.9. The first-order chi connectivity index (χ1) is 13.2. The number of allylic oxidation sites excluding steroid dienone is 3. The summed E-state index contributed by atoms with van der Waals surface area (Å²) in [5.41, 5.74) is 1.12. The second-order valence-corrected chi connectivity index (χ2v) is 9.90. The van der Waals surface area contributed by atoms with Crippen LogP contribution < -0.4 is 10.6 Å². The summed E-state index contributed by atoms with van der Waals surface area (Å²) in [4.78, 5) is 24.1. The molecule has 2 N–H and O–H groups in total. The average molecular weight is 466 g/mol. The normalized spacial score (nSPS) is 21.2. The van der Waals surface area contributed by atoms with Crippen molar-refractivity contribution in [3.05, 3.63) is 51.4 Å². The lowest BCUT2D eigenvalue weighted by Gasteiger charge is -2.33. The highest BCUT2D eigenvalue weighted by Crippen LogP contribution is 2.40. The van der Waals surface area contributed by atoms with E-state index in [0.717, 1.165) is 8.45 Å². The SMILES string of the molecule is CCNC(=O)c1cc2c(n1S(=O)(=O)C1(C)CC=C(Br)C=C1C)C(=C=O)NC=C2. The van der Waals surface area contributed by atoms with E-state index in [9.17, 15) is 18.0 Å². The van der Waals surface area contributed by atoms with Gasteiger partial charge in [0, 0.05) is 22.8 Å². The number of nitrogens with zero attached hydrogens (tertiary/aromatic N) is 1. The molecule has 0 aromatic carbocycles. The van der Waals surface area contributed by atoms with Gasteiger partial charge in [-0.15, -0.1) is 0 Å². The molecule has 1 aromatic heterocycles. The monoisotopic (exact) mass is 465 g/mol. The number of rotatable bonds is 4. The van der Waals surface area contributed by atoms with E-state index in [1.54, 1.807) is 44.9 Å². The minimum Gasteiger partial charge on any atom is -0.351 e. The molecule has 1 unspecified atom stereocenters. The summed E-state index contributed by atoms with van der Waals surface area (Å²) < 4.78 is 28.2. The van der Waals surface area contributed by atoms with E-state index < -0.39 is 20.7 Å². The van der Waals surface area contributed by atoms with Crippen molar-refractivity contribution in [3.63, 3.8) is 0 Å². The fourth-order valence-corrected chi connectivity index (χ4v) is 5.79. The molecule has 2 aliphatic rings. The molecule has 9 heteroatoms. The summed E-state index contributed by atoms with van der Waals surface area (Å²) >= 11 is 3.38. The third-order valence-corrected chi connectivity index (χ3v) is 8.11. The summed E-state index contributed by atoms with van der Waals surface area (Å²) in [7, 11) is -4.12. The highest BCUT2D eigenvalue weighted by atomic mass is 79.9. The molecule has 148 valence electrons. The van der Waals surface area contributed by atoms with Crippen LogP contribution in [0.2, 0.25) is 0 Å². The molecule has 0 spiro atoms. The second kappa shape index (κ2) is 7.24. The van der Waals surface area contributed by atoms with Gasteiger partial charge < -0.3 is 10.6 Å². The van der Waals surface area contributed by atoms with Crippen molar-refractivity contribution in [3.8, 4) is 0 Å². The van der Waals surface area contributed by atoms with Gasteiger partial charge in [0.15, 0.2) is 5.94 Å². The second-order valence-electron chi connectivity index (χ2n) is 6.77. The molecule has 0 fully saturated rings. The van der Waals surface area contributed by atoms with Crippen LogP contribution in [0.3, 0.4) is 0 Å². The molecule has 1 aliphatic heterocycles. The van der Waals surface area contributed by atoms with Crippen molar-refractivity contribution in [2.75, 3.05) is 6.54 Å². The van der Waals surface area contributed by atoms with Crippen LogP contribution in [0.4, 0.5) is 0 Å². The van der Waals surface area contributed by atoms with Crippen LogP contribution >= 0.6 is 15.9 Å². The lowest BCUT2D eigenvalue weighted by atomic mass is 9.94. The van der Waals surface area contributed by atoms with Gasteiger partial charge >= 0.3 is 0 Å². The summed E-state index contributed by atoms with van der Waals surface area (Å²) in [6.45, 7) is 5.44. The Hall–Kier alpha value is -2.35. The highest BCUT2D eigenvalue weighted by Gasteiger charge is 2.46. The largest absolute Gasteiger partial charge is 0.351 e. The van der Waals surface area contributed by atoms with Gasteiger partial charge in [0.25, 0.3) is 5.91 Å². The Morgan fingerprint density at radius 2 is 2.18 bits per heavy atom. The molecule has 1 aromatic rings. The lowest BCUT2D eigenvalue weighted by Crippen LogP contribution is -2.44. The van der Waals surface area contributed by atoms with E-state index in [1.807, 2.05) is 0 Å². The Morgan fingerprint density at radius 1 is 1.46 bits per heavy atom. The maximum Gasteiger partial charge on any atom is 0.269 e. The number of halogens is 1. The van der Waals surface area contributed by atoms with Gasteiger partial charge in [-0.3, -0.25) is 4.79 Å². The minimum atomic E-state index is -4.12. The van der Waals surface area contributed by atoms with E-state index in [2.05, 4.69) is 26.6 Å².